The average Bonchev–Trinajstić information content (AvgIpc) is 2.97. The van der Waals surface area contributed by atoms with Crippen molar-refractivity contribution in [3.63, 3.8) is 0 Å². The fraction of sp³-hybridized carbons (Fsp3) is 0.538. The molecule has 0 radical (unpaired) electrons. The minimum absolute atomic E-state index is 0.0640. The summed E-state index contributed by atoms with van der Waals surface area (Å²) in [5.41, 5.74) is 2.11. The third-order valence-corrected chi connectivity index (χ3v) is 5.27. The molecule has 0 aromatic heterocycles. The molecular formula is C13H18N2O3S. The Kier molecular flexibility index (Phi) is 3.24. The zero-order chi connectivity index (χ0) is 13.5. The zero-order valence-corrected chi connectivity index (χ0v) is 11.7. The fourth-order valence-electron chi connectivity index (χ4n) is 2.60. The van der Waals surface area contributed by atoms with Crippen molar-refractivity contribution in [2.45, 2.75) is 36.8 Å². The van der Waals surface area contributed by atoms with Crippen LogP contribution in [0.25, 0.3) is 0 Å². The van der Waals surface area contributed by atoms with Crippen LogP contribution >= 0.6 is 0 Å². The molecule has 0 aliphatic carbocycles. The number of hydrogen-bond acceptors (Lipinski definition) is 4. The first kappa shape index (κ1) is 12.9. The number of rotatable bonds is 3. The Bertz CT molecular complexity index is 586. The Morgan fingerprint density at radius 3 is 3.00 bits per heavy atom. The molecule has 2 atom stereocenters. The highest BCUT2D eigenvalue weighted by atomic mass is 32.2. The second-order valence-corrected chi connectivity index (χ2v) is 6.80. The van der Waals surface area contributed by atoms with Crippen LogP contribution in [0.2, 0.25) is 0 Å². The number of ether oxygens (including phenoxy) is 1. The minimum atomic E-state index is -3.46. The standard InChI is InChI=1S/C13H18N2O3S/c1-9-12(5-7-18-9)15-19(16,17)11-2-3-13-10(8-11)4-6-14-13/h2-3,8-9,12,14-15H,4-7H2,1H3. The van der Waals surface area contributed by atoms with Gasteiger partial charge in [-0.1, -0.05) is 0 Å². The maximum Gasteiger partial charge on any atom is 0.240 e. The van der Waals surface area contributed by atoms with E-state index in [0.29, 0.717) is 11.5 Å². The number of nitrogens with one attached hydrogen (secondary N) is 2. The molecule has 1 aromatic rings. The number of sulfonamides is 1. The van der Waals surface area contributed by atoms with Crippen molar-refractivity contribution in [1.29, 1.82) is 0 Å². The number of fused-ring (bicyclic) bond motifs is 1. The quantitative estimate of drug-likeness (QED) is 0.871. The van der Waals surface area contributed by atoms with Gasteiger partial charge in [-0.05, 0) is 43.5 Å². The van der Waals surface area contributed by atoms with E-state index in [4.69, 9.17) is 4.74 Å². The molecule has 2 aliphatic rings. The van der Waals surface area contributed by atoms with Crippen molar-refractivity contribution in [2.75, 3.05) is 18.5 Å². The molecule has 1 saturated heterocycles. The second kappa shape index (κ2) is 4.77. The lowest BCUT2D eigenvalue weighted by molar-refractivity contribution is 0.117. The smallest absolute Gasteiger partial charge is 0.240 e. The molecule has 1 fully saturated rings. The SMILES string of the molecule is CC1OCCC1NS(=O)(=O)c1ccc2c(c1)CCN2. The number of anilines is 1. The lowest BCUT2D eigenvalue weighted by atomic mass is 10.2. The van der Waals surface area contributed by atoms with Gasteiger partial charge in [-0.2, -0.15) is 0 Å². The van der Waals surface area contributed by atoms with Crippen molar-refractivity contribution in [2.24, 2.45) is 0 Å². The molecule has 6 heteroatoms. The van der Waals surface area contributed by atoms with Gasteiger partial charge < -0.3 is 10.1 Å². The summed E-state index contributed by atoms with van der Waals surface area (Å²) >= 11 is 0. The molecule has 19 heavy (non-hydrogen) atoms. The summed E-state index contributed by atoms with van der Waals surface area (Å²) in [6.45, 7) is 3.38. The van der Waals surface area contributed by atoms with Crippen LogP contribution in [0.5, 0.6) is 0 Å². The lowest BCUT2D eigenvalue weighted by Gasteiger charge is -2.16. The topological polar surface area (TPSA) is 67.4 Å². The highest BCUT2D eigenvalue weighted by Crippen LogP contribution is 2.25. The van der Waals surface area contributed by atoms with Crippen LogP contribution in [-0.4, -0.2) is 33.7 Å². The number of benzene rings is 1. The molecule has 0 spiro atoms. The molecule has 2 unspecified atom stereocenters. The maximum absolute atomic E-state index is 12.3. The van der Waals surface area contributed by atoms with Crippen LogP contribution in [-0.2, 0) is 21.2 Å². The first-order valence-electron chi connectivity index (χ1n) is 6.57. The molecule has 2 aliphatic heterocycles. The van der Waals surface area contributed by atoms with Crippen molar-refractivity contribution in [3.05, 3.63) is 23.8 Å². The summed E-state index contributed by atoms with van der Waals surface area (Å²) < 4.78 is 32.8. The highest BCUT2D eigenvalue weighted by molar-refractivity contribution is 7.89. The minimum Gasteiger partial charge on any atom is -0.384 e. The van der Waals surface area contributed by atoms with Gasteiger partial charge in [0.15, 0.2) is 0 Å². The molecule has 0 amide bonds. The zero-order valence-electron chi connectivity index (χ0n) is 10.8. The number of hydrogen-bond donors (Lipinski definition) is 2. The molecule has 5 nitrogen and oxygen atoms in total. The molecule has 0 bridgehead atoms. The van der Waals surface area contributed by atoms with E-state index in [1.807, 2.05) is 13.0 Å². The molecular weight excluding hydrogens is 264 g/mol. The van der Waals surface area contributed by atoms with Gasteiger partial charge in [0, 0.05) is 18.8 Å². The van der Waals surface area contributed by atoms with E-state index >= 15 is 0 Å². The van der Waals surface area contributed by atoms with Gasteiger partial charge in [0.05, 0.1) is 17.0 Å². The van der Waals surface area contributed by atoms with E-state index in [1.54, 1.807) is 12.1 Å². The van der Waals surface area contributed by atoms with Crippen LogP contribution in [0.1, 0.15) is 18.9 Å². The van der Waals surface area contributed by atoms with Gasteiger partial charge in [0.2, 0.25) is 10.0 Å². The highest BCUT2D eigenvalue weighted by Gasteiger charge is 2.29. The van der Waals surface area contributed by atoms with Gasteiger partial charge in [-0.25, -0.2) is 13.1 Å². The summed E-state index contributed by atoms with van der Waals surface area (Å²) in [4.78, 5) is 0.342. The summed E-state index contributed by atoms with van der Waals surface area (Å²) in [6, 6.07) is 5.13. The summed E-state index contributed by atoms with van der Waals surface area (Å²) in [6.07, 6.45) is 1.54. The fourth-order valence-corrected chi connectivity index (χ4v) is 3.99. The van der Waals surface area contributed by atoms with Crippen LogP contribution in [0, 0.1) is 0 Å². The second-order valence-electron chi connectivity index (χ2n) is 5.09. The Hall–Kier alpha value is -1.11. The monoisotopic (exact) mass is 282 g/mol. The third-order valence-electron chi connectivity index (χ3n) is 3.78. The summed E-state index contributed by atoms with van der Waals surface area (Å²) in [5, 5.41) is 3.22. The first-order chi connectivity index (χ1) is 9.06. The van der Waals surface area contributed by atoms with Crippen LogP contribution in [0.3, 0.4) is 0 Å². The van der Waals surface area contributed by atoms with E-state index in [1.165, 1.54) is 0 Å². The lowest BCUT2D eigenvalue weighted by Crippen LogP contribution is -2.39. The normalized spacial score (nSPS) is 26.2. The predicted molar refractivity (Wildman–Crippen MR) is 72.8 cm³/mol. The van der Waals surface area contributed by atoms with Gasteiger partial charge in [-0.3, -0.25) is 0 Å². The molecule has 2 N–H and O–H groups in total. The van der Waals surface area contributed by atoms with Crippen LogP contribution in [0.15, 0.2) is 23.1 Å². The van der Waals surface area contributed by atoms with Crippen LogP contribution in [0.4, 0.5) is 5.69 Å². The van der Waals surface area contributed by atoms with Crippen molar-refractivity contribution in [3.8, 4) is 0 Å². The van der Waals surface area contributed by atoms with Crippen molar-refractivity contribution in [1.82, 2.24) is 4.72 Å². The summed E-state index contributed by atoms with van der Waals surface area (Å²) in [5.74, 6) is 0. The van der Waals surface area contributed by atoms with Gasteiger partial charge in [0.1, 0.15) is 0 Å². The summed E-state index contributed by atoms with van der Waals surface area (Å²) in [7, 11) is -3.46. The third kappa shape index (κ3) is 2.48. The van der Waals surface area contributed by atoms with Crippen molar-refractivity contribution < 1.29 is 13.2 Å². The first-order valence-corrected chi connectivity index (χ1v) is 8.05. The van der Waals surface area contributed by atoms with Gasteiger partial charge in [0.25, 0.3) is 0 Å². The van der Waals surface area contributed by atoms with Gasteiger partial charge >= 0.3 is 0 Å². The van der Waals surface area contributed by atoms with E-state index in [0.717, 1.165) is 30.6 Å². The maximum atomic E-state index is 12.3. The van der Waals surface area contributed by atoms with E-state index in [2.05, 4.69) is 10.0 Å². The Morgan fingerprint density at radius 1 is 1.42 bits per heavy atom. The molecule has 104 valence electrons. The average molecular weight is 282 g/mol. The molecule has 1 aromatic carbocycles. The molecule has 3 rings (SSSR count). The van der Waals surface area contributed by atoms with Gasteiger partial charge in [-0.15, -0.1) is 0 Å². The van der Waals surface area contributed by atoms with E-state index in [-0.39, 0.29) is 12.1 Å². The Labute approximate surface area is 113 Å². The Morgan fingerprint density at radius 2 is 2.26 bits per heavy atom. The predicted octanol–water partition coefficient (Wildman–Crippen LogP) is 1.11. The molecule has 0 saturated carbocycles. The molecule has 2 heterocycles. The largest absolute Gasteiger partial charge is 0.384 e. The van der Waals surface area contributed by atoms with Crippen molar-refractivity contribution >= 4 is 15.7 Å². The van der Waals surface area contributed by atoms with Crippen LogP contribution < -0.4 is 10.0 Å². The Balaban J connectivity index is 1.84. The van der Waals surface area contributed by atoms with E-state index < -0.39 is 10.0 Å². The van der Waals surface area contributed by atoms with E-state index in [9.17, 15) is 8.42 Å².